The van der Waals surface area contributed by atoms with Crippen molar-refractivity contribution >= 4 is 28.4 Å². The van der Waals surface area contributed by atoms with Crippen LogP contribution in [0.1, 0.15) is 15.9 Å². The number of aromatic nitrogens is 3. The molecule has 8 heteroatoms. The van der Waals surface area contributed by atoms with E-state index < -0.39 is 5.91 Å². The molecule has 0 atom stereocenters. The number of nitrogens with zero attached hydrogens (tertiary/aromatic N) is 3. The highest BCUT2D eigenvalue weighted by Gasteiger charge is 2.24. The number of hydrogen-bond donors (Lipinski definition) is 2. The molecule has 0 spiro atoms. The van der Waals surface area contributed by atoms with Crippen LogP contribution in [0.25, 0.3) is 16.7 Å². The number of carbonyl (C=O) groups excluding carboxylic acids is 1. The smallest absolute Gasteiger partial charge is 0.278 e. The second kappa shape index (κ2) is 6.73. The summed E-state index contributed by atoms with van der Waals surface area (Å²) in [5.74, 6) is -0.596. The fourth-order valence-electron chi connectivity index (χ4n) is 3.15. The molecule has 0 radical (unpaired) electrons. The van der Waals surface area contributed by atoms with Gasteiger partial charge in [0.1, 0.15) is 16.8 Å². The van der Waals surface area contributed by atoms with E-state index in [2.05, 4.69) is 10.3 Å². The number of fused-ring (bicyclic) bond motifs is 2. The molecule has 28 heavy (non-hydrogen) atoms. The third kappa shape index (κ3) is 2.84. The molecule has 0 bridgehead atoms. The monoisotopic (exact) mass is 378 g/mol. The lowest BCUT2D eigenvalue weighted by atomic mass is 10.1. The van der Waals surface area contributed by atoms with Gasteiger partial charge in [-0.15, -0.1) is 0 Å². The molecule has 140 valence electrons. The van der Waals surface area contributed by atoms with E-state index in [0.717, 1.165) is 5.56 Å². The molecule has 4 rings (SSSR count). The molecule has 3 heterocycles. The van der Waals surface area contributed by atoms with Crippen LogP contribution in [0, 0.1) is 5.82 Å². The number of nitrogen functional groups attached to an aromatic ring is 1. The van der Waals surface area contributed by atoms with Crippen molar-refractivity contribution in [3.8, 4) is 0 Å². The number of anilines is 1. The molecular formula is C20H17FN5O2+. The van der Waals surface area contributed by atoms with E-state index in [1.54, 1.807) is 41.1 Å². The van der Waals surface area contributed by atoms with Gasteiger partial charge in [-0.05, 0) is 35.9 Å². The van der Waals surface area contributed by atoms with Crippen LogP contribution in [0.5, 0.6) is 0 Å². The molecule has 7 nitrogen and oxygen atoms in total. The van der Waals surface area contributed by atoms with Crippen molar-refractivity contribution in [3.63, 3.8) is 0 Å². The first-order valence-electron chi connectivity index (χ1n) is 8.59. The Morgan fingerprint density at radius 1 is 1.25 bits per heavy atom. The number of pyridine rings is 2. The van der Waals surface area contributed by atoms with Gasteiger partial charge in [0, 0.05) is 13.2 Å². The van der Waals surface area contributed by atoms with Crippen molar-refractivity contribution in [2.45, 2.75) is 6.54 Å². The number of carbonyl (C=O) groups is 1. The first kappa shape index (κ1) is 17.6. The number of nitrogens with one attached hydrogen (secondary N) is 1. The van der Waals surface area contributed by atoms with Crippen molar-refractivity contribution in [3.05, 3.63) is 82.0 Å². The highest BCUT2D eigenvalue weighted by Crippen LogP contribution is 2.15. The zero-order valence-corrected chi connectivity index (χ0v) is 15.0. The van der Waals surface area contributed by atoms with E-state index in [-0.39, 0.29) is 34.7 Å². The van der Waals surface area contributed by atoms with Gasteiger partial charge in [-0.25, -0.2) is 8.96 Å². The Labute approximate surface area is 158 Å². The zero-order chi connectivity index (χ0) is 19.8. The SMILES string of the molecule is CNC(=O)c1cc2c(=O)n3ccccc3nc2[n+](Cc2ccc(F)cc2)c1N. The maximum Gasteiger partial charge on any atom is 0.278 e. The summed E-state index contributed by atoms with van der Waals surface area (Å²) < 4.78 is 16.3. The average molecular weight is 378 g/mol. The van der Waals surface area contributed by atoms with Gasteiger partial charge >= 0.3 is 0 Å². The van der Waals surface area contributed by atoms with Crippen LogP contribution in [-0.2, 0) is 6.54 Å². The molecule has 0 aliphatic carbocycles. The van der Waals surface area contributed by atoms with Gasteiger partial charge in [-0.3, -0.25) is 14.0 Å². The predicted octanol–water partition coefficient (Wildman–Crippen LogP) is 1.26. The Morgan fingerprint density at radius 3 is 2.71 bits per heavy atom. The van der Waals surface area contributed by atoms with Crippen LogP contribution in [0.2, 0.25) is 0 Å². The maximum absolute atomic E-state index is 13.3. The summed E-state index contributed by atoms with van der Waals surface area (Å²) in [6.45, 7) is 0.225. The summed E-state index contributed by atoms with van der Waals surface area (Å²) in [5.41, 5.74) is 7.71. The van der Waals surface area contributed by atoms with E-state index >= 15 is 0 Å². The van der Waals surface area contributed by atoms with Crippen molar-refractivity contribution in [1.29, 1.82) is 0 Å². The summed E-state index contributed by atoms with van der Waals surface area (Å²) >= 11 is 0. The molecule has 0 aliphatic rings. The van der Waals surface area contributed by atoms with Gasteiger partial charge in [-0.1, -0.05) is 23.2 Å². The predicted molar refractivity (Wildman–Crippen MR) is 102 cm³/mol. The summed E-state index contributed by atoms with van der Waals surface area (Å²) in [6.07, 6.45) is 1.62. The average Bonchev–Trinajstić information content (AvgIpc) is 2.71. The van der Waals surface area contributed by atoms with Crippen molar-refractivity contribution in [2.75, 3.05) is 12.8 Å². The van der Waals surface area contributed by atoms with Gasteiger partial charge in [0.25, 0.3) is 17.1 Å². The highest BCUT2D eigenvalue weighted by atomic mass is 19.1. The van der Waals surface area contributed by atoms with Crippen LogP contribution < -0.4 is 21.2 Å². The number of benzene rings is 1. The summed E-state index contributed by atoms with van der Waals surface area (Å²) in [6, 6.07) is 12.6. The molecule has 0 saturated heterocycles. The fraction of sp³-hybridized carbons (Fsp3) is 0.100. The van der Waals surface area contributed by atoms with Crippen molar-refractivity contribution in [1.82, 2.24) is 14.7 Å². The molecular weight excluding hydrogens is 361 g/mol. The Bertz CT molecular complexity index is 1280. The van der Waals surface area contributed by atoms with Crippen LogP contribution >= 0.6 is 0 Å². The lowest BCUT2D eigenvalue weighted by Crippen LogP contribution is -2.43. The highest BCUT2D eigenvalue weighted by molar-refractivity contribution is 6.00. The van der Waals surface area contributed by atoms with Crippen LogP contribution in [-0.4, -0.2) is 22.3 Å². The number of amides is 1. The molecule has 1 aromatic carbocycles. The number of nitrogens with two attached hydrogens (primary N) is 1. The number of hydrogen-bond acceptors (Lipinski definition) is 4. The summed E-state index contributed by atoms with van der Waals surface area (Å²) in [4.78, 5) is 29.9. The molecule has 1 amide bonds. The lowest BCUT2D eigenvalue weighted by Gasteiger charge is -2.11. The van der Waals surface area contributed by atoms with Gasteiger partial charge < -0.3 is 11.1 Å². The van der Waals surface area contributed by atoms with Gasteiger partial charge in [0.2, 0.25) is 11.5 Å². The molecule has 0 unspecified atom stereocenters. The molecule has 3 aromatic heterocycles. The summed E-state index contributed by atoms with van der Waals surface area (Å²) in [5, 5.41) is 2.79. The third-order valence-electron chi connectivity index (χ3n) is 4.59. The quantitative estimate of drug-likeness (QED) is 0.415. The minimum Gasteiger partial charge on any atom is -0.355 e. The second-order valence-corrected chi connectivity index (χ2v) is 6.32. The van der Waals surface area contributed by atoms with E-state index in [4.69, 9.17) is 5.73 Å². The standard InChI is InChI=1S/C20H16FN5O2/c1-23-19(27)14-10-15-18(24-16-4-2-3-9-25(16)20(15)28)26(17(14)22)11-12-5-7-13(21)8-6-12/h2-10,22H,11H2,1H3,(H,23,27)/p+1. The first-order valence-corrected chi connectivity index (χ1v) is 8.59. The molecule has 3 N–H and O–H groups in total. The minimum absolute atomic E-state index is 0.170. The fourth-order valence-corrected chi connectivity index (χ4v) is 3.15. The molecule has 4 aromatic rings. The third-order valence-corrected chi connectivity index (χ3v) is 4.59. The van der Waals surface area contributed by atoms with Crippen LogP contribution in [0.15, 0.2) is 59.5 Å². The van der Waals surface area contributed by atoms with E-state index in [1.165, 1.54) is 29.6 Å². The van der Waals surface area contributed by atoms with E-state index in [1.807, 2.05) is 0 Å². The largest absolute Gasteiger partial charge is 0.355 e. The lowest BCUT2D eigenvalue weighted by molar-refractivity contribution is -0.649. The minimum atomic E-state index is -0.412. The van der Waals surface area contributed by atoms with Gasteiger partial charge in [-0.2, -0.15) is 0 Å². The van der Waals surface area contributed by atoms with Gasteiger partial charge in [0.05, 0.1) is 6.54 Å². The van der Waals surface area contributed by atoms with E-state index in [9.17, 15) is 14.0 Å². The molecule has 0 aliphatic heterocycles. The number of rotatable bonds is 3. The Kier molecular flexibility index (Phi) is 4.23. The Balaban J connectivity index is 2.06. The van der Waals surface area contributed by atoms with Crippen molar-refractivity contribution < 1.29 is 13.8 Å². The molecule has 0 saturated carbocycles. The topological polar surface area (TPSA) is 93.4 Å². The maximum atomic E-state index is 13.3. The van der Waals surface area contributed by atoms with E-state index in [0.29, 0.717) is 11.3 Å². The van der Waals surface area contributed by atoms with Crippen LogP contribution in [0.3, 0.4) is 0 Å². The first-order chi connectivity index (χ1) is 13.5. The second-order valence-electron chi connectivity index (χ2n) is 6.32. The molecule has 0 fully saturated rings. The summed E-state index contributed by atoms with van der Waals surface area (Å²) in [7, 11) is 1.49. The zero-order valence-electron chi connectivity index (χ0n) is 15.0. The normalized spacial score (nSPS) is 11.1. The Morgan fingerprint density at radius 2 is 2.00 bits per heavy atom. The van der Waals surface area contributed by atoms with Crippen LogP contribution in [0.4, 0.5) is 10.2 Å². The Hall–Kier alpha value is -3.81. The van der Waals surface area contributed by atoms with Crippen molar-refractivity contribution in [2.24, 2.45) is 0 Å². The van der Waals surface area contributed by atoms with Gasteiger partial charge in [0.15, 0.2) is 0 Å². The number of halogens is 1.